The first kappa shape index (κ1) is 14.8. The minimum atomic E-state index is -3.85. The predicted molar refractivity (Wildman–Crippen MR) is 80.5 cm³/mol. The van der Waals surface area contributed by atoms with E-state index in [0.717, 1.165) is 6.07 Å². The molecule has 4 nitrogen and oxygen atoms in total. The van der Waals surface area contributed by atoms with Crippen LogP contribution >= 0.6 is 15.9 Å². The van der Waals surface area contributed by atoms with Crippen LogP contribution in [0.4, 0.5) is 15.8 Å². The molecular weight excluding hydrogens is 347 g/mol. The summed E-state index contributed by atoms with van der Waals surface area (Å²) >= 11 is 3.04. The Hall–Kier alpha value is -1.60. The number of sulfonamides is 1. The maximum Gasteiger partial charge on any atom is 0.263 e. The van der Waals surface area contributed by atoms with Gasteiger partial charge in [-0.05, 0) is 52.7 Å². The number of nitrogen functional groups attached to an aromatic ring is 1. The van der Waals surface area contributed by atoms with Crippen molar-refractivity contribution in [3.63, 3.8) is 0 Å². The topological polar surface area (TPSA) is 72.2 Å². The summed E-state index contributed by atoms with van der Waals surface area (Å²) in [6.45, 7) is 1.68. The molecule has 20 heavy (non-hydrogen) atoms. The van der Waals surface area contributed by atoms with Crippen LogP contribution in [0, 0.1) is 12.7 Å². The van der Waals surface area contributed by atoms with Gasteiger partial charge in [-0.1, -0.05) is 12.1 Å². The average Bonchev–Trinajstić information content (AvgIpc) is 2.36. The molecule has 0 aromatic heterocycles. The smallest absolute Gasteiger partial charge is 0.263 e. The number of anilines is 2. The molecule has 0 aliphatic carbocycles. The highest BCUT2D eigenvalue weighted by atomic mass is 79.9. The fraction of sp³-hybridized carbons (Fsp3) is 0.0769. The van der Waals surface area contributed by atoms with E-state index in [1.165, 1.54) is 18.2 Å². The quantitative estimate of drug-likeness (QED) is 0.827. The van der Waals surface area contributed by atoms with E-state index in [1.807, 2.05) is 0 Å². The molecule has 0 unspecified atom stereocenters. The Morgan fingerprint density at radius 2 is 1.90 bits per heavy atom. The highest BCUT2D eigenvalue weighted by molar-refractivity contribution is 9.10. The number of aryl methyl sites for hydroxylation is 1. The Kier molecular flexibility index (Phi) is 4.01. The Labute approximate surface area is 125 Å². The Balaban J connectivity index is 2.44. The van der Waals surface area contributed by atoms with Gasteiger partial charge in [0.15, 0.2) is 0 Å². The molecular formula is C13H12BrFN2O2S. The van der Waals surface area contributed by atoms with Crippen molar-refractivity contribution in [1.82, 2.24) is 0 Å². The van der Waals surface area contributed by atoms with Gasteiger partial charge >= 0.3 is 0 Å². The third kappa shape index (κ3) is 2.94. The summed E-state index contributed by atoms with van der Waals surface area (Å²) < 4.78 is 40.6. The summed E-state index contributed by atoms with van der Waals surface area (Å²) in [6, 6.07) is 8.71. The van der Waals surface area contributed by atoms with E-state index in [0.29, 0.717) is 5.56 Å². The molecule has 0 bridgehead atoms. The van der Waals surface area contributed by atoms with E-state index in [2.05, 4.69) is 20.7 Å². The van der Waals surface area contributed by atoms with Gasteiger partial charge in [0.1, 0.15) is 10.7 Å². The zero-order chi connectivity index (χ0) is 14.9. The second-order valence-corrected chi connectivity index (χ2v) is 6.73. The Bertz CT molecular complexity index is 763. The van der Waals surface area contributed by atoms with Gasteiger partial charge in [0, 0.05) is 0 Å². The summed E-state index contributed by atoms with van der Waals surface area (Å²) in [5.74, 6) is -0.547. The number of benzene rings is 2. The van der Waals surface area contributed by atoms with E-state index in [4.69, 9.17) is 5.73 Å². The van der Waals surface area contributed by atoms with Crippen LogP contribution in [-0.4, -0.2) is 8.42 Å². The van der Waals surface area contributed by atoms with Gasteiger partial charge in [-0.15, -0.1) is 0 Å². The maximum atomic E-state index is 13.5. The monoisotopic (exact) mass is 358 g/mol. The fourth-order valence-corrected chi connectivity index (χ4v) is 3.39. The molecule has 2 aromatic carbocycles. The number of nitrogens with one attached hydrogen (secondary N) is 1. The first-order valence-corrected chi connectivity index (χ1v) is 7.92. The molecule has 2 rings (SSSR count). The highest BCUT2D eigenvalue weighted by Crippen LogP contribution is 2.27. The van der Waals surface area contributed by atoms with Crippen LogP contribution in [0.5, 0.6) is 0 Å². The van der Waals surface area contributed by atoms with Crippen molar-refractivity contribution in [2.24, 2.45) is 0 Å². The van der Waals surface area contributed by atoms with Crippen LogP contribution in [0.15, 0.2) is 45.8 Å². The highest BCUT2D eigenvalue weighted by Gasteiger charge is 2.18. The molecule has 0 radical (unpaired) electrons. The van der Waals surface area contributed by atoms with Crippen molar-refractivity contribution in [3.05, 3.63) is 52.3 Å². The standard InChI is InChI=1S/C13H12BrFN2O2S/c1-8-6-9(14)10(15)7-12(8)17-20(18,19)13-5-3-2-4-11(13)16/h2-7,17H,16H2,1H3. The van der Waals surface area contributed by atoms with E-state index >= 15 is 0 Å². The lowest BCUT2D eigenvalue weighted by Gasteiger charge is -2.12. The Morgan fingerprint density at radius 1 is 1.25 bits per heavy atom. The summed E-state index contributed by atoms with van der Waals surface area (Å²) in [4.78, 5) is -0.0391. The minimum absolute atomic E-state index is 0.0391. The first-order chi connectivity index (χ1) is 9.31. The number of halogens is 2. The van der Waals surface area contributed by atoms with E-state index < -0.39 is 15.8 Å². The van der Waals surface area contributed by atoms with E-state index in [1.54, 1.807) is 19.1 Å². The van der Waals surface area contributed by atoms with Crippen LogP contribution in [0.1, 0.15) is 5.56 Å². The van der Waals surface area contributed by atoms with E-state index in [9.17, 15) is 12.8 Å². The zero-order valence-electron chi connectivity index (χ0n) is 10.5. The van der Waals surface area contributed by atoms with Gasteiger partial charge in [-0.2, -0.15) is 0 Å². The predicted octanol–water partition coefficient (Wildman–Crippen LogP) is 3.28. The molecule has 7 heteroatoms. The van der Waals surface area contributed by atoms with Crippen molar-refractivity contribution in [2.75, 3.05) is 10.5 Å². The second kappa shape index (κ2) is 5.41. The normalized spacial score (nSPS) is 11.3. The molecule has 2 aromatic rings. The van der Waals surface area contributed by atoms with Crippen molar-refractivity contribution in [3.8, 4) is 0 Å². The van der Waals surface area contributed by atoms with Gasteiger partial charge < -0.3 is 5.73 Å². The summed E-state index contributed by atoms with van der Waals surface area (Å²) in [5, 5.41) is 0. The summed E-state index contributed by atoms with van der Waals surface area (Å²) in [6.07, 6.45) is 0. The van der Waals surface area contributed by atoms with Crippen LogP contribution in [0.3, 0.4) is 0 Å². The zero-order valence-corrected chi connectivity index (χ0v) is 12.9. The van der Waals surface area contributed by atoms with Crippen LogP contribution in [0.25, 0.3) is 0 Å². The largest absolute Gasteiger partial charge is 0.398 e. The lowest BCUT2D eigenvalue weighted by Crippen LogP contribution is -2.15. The lowest BCUT2D eigenvalue weighted by atomic mass is 10.2. The molecule has 0 amide bonds. The summed E-state index contributed by atoms with van der Waals surface area (Å²) in [5.41, 5.74) is 6.55. The van der Waals surface area contributed by atoms with Crippen molar-refractivity contribution >= 4 is 37.3 Å². The van der Waals surface area contributed by atoms with E-state index in [-0.39, 0.29) is 20.7 Å². The van der Waals surface area contributed by atoms with Crippen LogP contribution in [-0.2, 0) is 10.0 Å². The molecule has 0 aliphatic heterocycles. The molecule has 0 saturated heterocycles. The number of para-hydroxylation sites is 1. The molecule has 0 heterocycles. The maximum absolute atomic E-state index is 13.5. The molecule has 0 spiro atoms. The molecule has 0 atom stereocenters. The molecule has 106 valence electrons. The average molecular weight is 359 g/mol. The third-order valence-electron chi connectivity index (χ3n) is 2.72. The second-order valence-electron chi connectivity index (χ2n) is 4.22. The molecule has 0 aliphatic rings. The van der Waals surface area contributed by atoms with Gasteiger partial charge in [0.05, 0.1) is 15.8 Å². The first-order valence-electron chi connectivity index (χ1n) is 5.64. The number of nitrogens with two attached hydrogens (primary N) is 1. The van der Waals surface area contributed by atoms with Crippen molar-refractivity contribution < 1.29 is 12.8 Å². The SMILES string of the molecule is Cc1cc(Br)c(F)cc1NS(=O)(=O)c1ccccc1N. The summed E-state index contributed by atoms with van der Waals surface area (Å²) in [7, 11) is -3.85. The molecule has 0 fully saturated rings. The van der Waals surface area contributed by atoms with Crippen molar-refractivity contribution in [2.45, 2.75) is 11.8 Å². The minimum Gasteiger partial charge on any atom is -0.398 e. The number of hydrogen-bond acceptors (Lipinski definition) is 3. The number of hydrogen-bond donors (Lipinski definition) is 2. The van der Waals surface area contributed by atoms with Crippen LogP contribution in [0.2, 0.25) is 0 Å². The van der Waals surface area contributed by atoms with Gasteiger partial charge in [0.2, 0.25) is 0 Å². The van der Waals surface area contributed by atoms with Gasteiger partial charge in [0.25, 0.3) is 10.0 Å². The van der Waals surface area contributed by atoms with Crippen LogP contribution < -0.4 is 10.5 Å². The van der Waals surface area contributed by atoms with Crippen molar-refractivity contribution in [1.29, 1.82) is 0 Å². The molecule has 0 saturated carbocycles. The lowest BCUT2D eigenvalue weighted by molar-refractivity contribution is 0.601. The fourth-order valence-electron chi connectivity index (χ4n) is 1.68. The Morgan fingerprint density at radius 3 is 2.55 bits per heavy atom. The molecule has 3 N–H and O–H groups in total. The van der Waals surface area contributed by atoms with Gasteiger partial charge in [-0.3, -0.25) is 4.72 Å². The van der Waals surface area contributed by atoms with Gasteiger partial charge in [-0.25, -0.2) is 12.8 Å². The third-order valence-corrected chi connectivity index (χ3v) is 4.77. The number of rotatable bonds is 3.